The van der Waals surface area contributed by atoms with Crippen molar-refractivity contribution in [2.75, 3.05) is 6.54 Å². The second-order valence-corrected chi connectivity index (χ2v) is 8.95. The number of benzene rings is 2. The van der Waals surface area contributed by atoms with Crippen LogP contribution in [-0.4, -0.2) is 29.2 Å². The van der Waals surface area contributed by atoms with Crippen molar-refractivity contribution in [2.45, 2.75) is 25.3 Å². The maximum Gasteiger partial charge on any atom is 0.259 e. The minimum atomic E-state index is -3.82. The van der Waals surface area contributed by atoms with E-state index >= 15 is 0 Å². The fraction of sp³-hybridized carbons (Fsp3) is 0.300. The van der Waals surface area contributed by atoms with Gasteiger partial charge in [0.15, 0.2) is 5.78 Å². The number of nitrogens with one attached hydrogen (secondary N) is 1. The van der Waals surface area contributed by atoms with Crippen molar-refractivity contribution in [1.29, 1.82) is 0 Å². The van der Waals surface area contributed by atoms with Gasteiger partial charge in [0.1, 0.15) is 0 Å². The van der Waals surface area contributed by atoms with Crippen LogP contribution in [0.5, 0.6) is 0 Å². The van der Waals surface area contributed by atoms with Gasteiger partial charge in [0.2, 0.25) is 5.91 Å². The van der Waals surface area contributed by atoms with E-state index < -0.39 is 13.4 Å². The molecule has 142 valence electrons. The topological polar surface area (TPSA) is 109 Å². The molecular weight excluding hydrogens is 363 g/mol. The predicted octanol–water partition coefficient (Wildman–Crippen LogP) is 0.873. The van der Waals surface area contributed by atoms with Gasteiger partial charge in [0.05, 0.1) is 6.04 Å². The second kappa shape index (κ2) is 8.17. The molecule has 0 spiro atoms. The molecule has 1 saturated heterocycles. The Morgan fingerprint density at radius 1 is 1.19 bits per heavy atom. The van der Waals surface area contributed by atoms with Gasteiger partial charge in [0, 0.05) is 29.5 Å². The van der Waals surface area contributed by atoms with Crippen molar-refractivity contribution in [3.05, 3.63) is 60.2 Å². The van der Waals surface area contributed by atoms with Gasteiger partial charge in [-0.25, -0.2) is 0 Å². The summed E-state index contributed by atoms with van der Waals surface area (Å²) in [6, 6.07) is 14.3. The summed E-state index contributed by atoms with van der Waals surface area (Å²) in [7, 11) is -3.82. The van der Waals surface area contributed by atoms with Crippen molar-refractivity contribution in [2.24, 2.45) is 11.7 Å². The van der Waals surface area contributed by atoms with E-state index in [1.54, 1.807) is 54.6 Å². The van der Waals surface area contributed by atoms with Crippen molar-refractivity contribution >= 4 is 29.7 Å². The average molecular weight is 386 g/mol. The number of rotatable bonds is 7. The zero-order valence-corrected chi connectivity index (χ0v) is 15.8. The van der Waals surface area contributed by atoms with Gasteiger partial charge in [0.25, 0.3) is 7.37 Å². The Bertz CT molecular complexity index is 885. The Morgan fingerprint density at radius 2 is 1.85 bits per heavy atom. The molecule has 0 bridgehead atoms. The molecule has 0 aliphatic carbocycles. The third kappa shape index (κ3) is 4.35. The molecular formula is C20H23N2O4P. The summed E-state index contributed by atoms with van der Waals surface area (Å²) >= 11 is 0. The van der Waals surface area contributed by atoms with Crippen LogP contribution in [0.25, 0.3) is 0 Å². The summed E-state index contributed by atoms with van der Waals surface area (Å²) < 4.78 is 13.1. The largest absolute Gasteiger partial charge is 0.356 e. The highest BCUT2D eigenvalue weighted by atomic mass is 31.2. The molecule has 1 fully saturated rings. The highest BCUT2D eigenvalue weighted by Gasteiger charge is 2.30. The van der Waals surface area contributed by atoms with Crippen molar-refractivity contribution in [3.63, 3.8) is 0 Å². The Labute approximate surface area is 158 Å². The fourth-order valence-electron chi connectivity index (χ4n) is 3.35. The van der Waals surface area contributed by atoms with E-state index in [2.05, 4.69) is 5.32 Å². The minimum absolute atomic E-state index is 0.0386. The molecule has 3 rings (SSSR count). The van der Waals surface area contributed by atoms with E-state index in [1.807, 2.05) is 0 Å². The molecule has 1 amide bonds. The molecule has 1 aliphatic heterocycles. The van der Waals surface area contributed by atoms with E-state index in [0.29, 0.717) is 30.3 Å². The van der Waals surface area contributed by atoms with E-state index in [0.717, 1.165) is 0 Å². The summed E-state index contributed by atoms with van der Waals surface area (Å²) in [6.45, 7) is 0.609. The fourth-order valence-corrected chi connectivity index (χ4v) is 5.04. The van der Waals surface area contributed by atoms with Crippen LogP contribution in [-0.2, 0) is 20.6 Å². The maximum absolute atomic E-state index is 13.1. The van der Waals surface area contributed by atoms with Gasteiger partial charge in [-0.2, -0.15) is 0 Å². The number of hydrogen-bond donors (Lipinski definition) is 3. The normalized spacial score (nSPS) is 19.9. The predicted molar refractivity (Wildman–Crippen MR) is 104 cm³/mol. The summed E-state index contributed by atoms with van der Waals surface area (Å²) in [6.07, 6.45) is 0.932. The minimum Gasteiger partial charge on any atom is -0.356 e. The number of amides is 1. The lowest BCUT2D eigenvalue weighted by Crippen LogP contribution is -2.36. The van der Waals surface area contributed by atoms with Crippen molar-refractivity contribution in [3.8, 4) is 0 Å². The SMILES string of the molecule is N[C@@H](C[C@@H]1CCNC1=O)C(=O)Cc1ccccc1P(=O)(O)c1ccccc1. The third-order valence-corrected chi connectivity index (χ3v) is 6.99. The number of Topliss-reactive ketones (excluding diaryl/α,β-unsaturated/α-hetero) is 1. The standard InChI is InChI=1S/C20H23N2O4P/c21-17(12-15-10-11-22-20(15)24)18(23)13-14-6-4-5-9-19(14)27(25,26)16-7-2-1-3-8-16/h1-9,15,17H,10-13,21H2,(H,22,24)(H,25,26)/t15-,17-/m0/s1. The van der Waals surface area contributed by atoms with Gasteiger partial charge < -0.3 is 15.9 Å². The Balaban J connectivity index is 1.79. The van der Waals surface area contributed by atoms with Crippen LogP contribution in [0.4, 0.5) is 0 Å². The van der Waals surface area contributed by atoms with E-state index in [9.17, 15) is 19.0 Å². The van der Waals surface area contributed by atoms with Crippen LogP contribution in [0, 0.1) is 5.92 Å². The maximum atomic E-state index is 13.1. The first-order valence-electron chi connectivity index (χ1n) is 8.92. The number of nitrogens with two attached hydrogens (primary N) is 1. The average Bonchev–Trinajstić information content (AvgIpc) is 3.07. The number of hydrogen-bond acceptors (Lipinski definition) is 4. The summed E-state index contributed by atoms with van der Waals surface area (Å²) in [5.74, 6) is -0.551. The molecule has 0 radical (unpaired) electrons. The van der Waals surface area contributed by atoms with Crippen LogP contribution >= 0.6 is 7.37 Å². The van der Waals surface area contributed by atoms with E-state index in [1.165, 1.54) is 0 Å². The van der Waals surface area contributed by atoms with Crippen LogP contribution in [0.2, 0.25) is 0 Å². The van der Waals surface area contributed by atoms with Gasteiger partial charge >= 0.3 is 0 Å². The molecule has 7 heteroatoms. The smallest absolute Gasteiger partial charge is 0.259 e. The van der Waals surface area contributed by atoms with Crippen molar-refractivity contribution in [1.82, 2.24) is 5.32 Å². The zero-order valence-electron chi connectivity index (χ0n) is 14.9. The molecule has 27 heavy (non-hydrogen) atoms. The Morgan fingerprint density at radius 3 is 2.52 bits per heavy atom. The molecule has 0 aromatic heterocycles. The molecule has 6 nitrogen and oxygen atoms in total. The number of ketones is 1. The van der Waals surface area contributed by atoms with Crippen LogP contribution < -0.4 is 21.7 Å². The Kier molecular flexibility index (Phi) is 5.90. The van der Waals surface area contributed by atoms with Crippen molar-refractivity contribution < 1.29 is 19.0 Å². The van der Waals surface area contributed by atoms with E-state index in [-0.39, 0.29) is 29.3 Å². The highest BCUT2D eigenvalue weighted by molar-refractivity contribution is 7.73. The first-order valence-corrected chi connectivity index (χ1v) is 10.6. The number of carbonyl (C=O) groups excluding carboxylic acids is 2. The van der Waals surface area contributed by atoms with Crippen LogP contribution in [0.1, 0.15) is 18.4 Å². The molecule has 2 aromatic rings. The molecule has 3 atom stereocenters. The van der Waals surface area contributed by atoms with E-state index in [4.69, 9.17) is 5.73 Å². The zero-order chi connectivity index (χ0) is 19.4. The molecule has 2 aromatic carbocycles. The Hall–Kier alpha value is -2.27. The molecule has 1 unspecified atom stereocenters. The van der Waals surface area contributed by atoms with Gasteiger partial charge in [-0.15, -0.1) is 0 Å². The lowest BCUT2D eigenvalue weighted by molar-refractivity contribution is -0.123. The summed E-state index contributed by atoms with van der Waals surface area (Å²) in [4.78, 5) is 35.0. The summed E-state index contributed by atoms with van der Waals surface area (Å²) in [5.41, 5.74) is 6.51. The van der Waals surface area contributed by atoms with Crippen LogP contribution in [0.3, 0.4) is 0 Å². The first kappa shape index (κ1) is 19.5. The lowest BCUT2D eigenvalue weighted by atomic mass is 9.94. The lowest BCUT2D eigenvalue weighted by Gasteiger charge is -2.18. The van der Waals surface area contributed by atoms with Gasteiger partial charge in [-0.3, -0.25) is 14.2 Å². The van der Waals surface area contributed by atoms with Gasteiger partial charge in [-0.1, -0.05) is 36.4 Å². The highest BCUT2D eigenvalue weighted by Crippen LogP contribution is 2.39. The quantitative estimate of drug-likeness (QED) is 0.612. The first-order chi connectivity index (χ1) is 12.9. The van der Waals surface area contributed by atoms with Gasteiger partial charge in [-0.05, 0) is 36.6 Å². The monoisotopic (exact) mass is 386 g/mol. The molecule has 4 N–H and O–H groups in total. The summed E-state index contributed by atoms with van der Waals surface area (Å²) in [5, 5.41) is 3.30. The second-order valence-electron chi connectivity index (χ2n) is 6.80. The molecule has 1 aliphatic rings. The third-order valence-electron chi connectivity index (χ3n) is 4.90. The molecule has 1 heterocycles. The molecule has 0 saturated carbocycles. The van der Waals surface area contributed by atoms with Crippen LogP contribution in [0.15, 0.2) is 54.6 Å². The number of carbonyl (C=O) groups is 2.